The SMILES string of the molecule is CC.CCc1nc(Nc2ccn(CCN(C)C)n2)cc(N)c1C(=N)N.CO.c1ccc(Oc2ccccc2)cc1. The first-order valence-corrected chi connectivity index (χ1v) is 13.2. The van der Waals surface area contributed by atoms with Crippen LogP contribution in [0.3, 0.4) is 0 Å². The summed E-state index contributed by atoms with van der Waals surface area (Å²) in [6.45, 7) is 7.68. The molecule has 10 nitrogen and oxygen atoms in total. The maximum atomic E-state index is 7.61. The number of aromatic nitrogens is 3. The maximum absolute atomic E-state index is 7.61. The van der Waals surface area contributed by atoms with Gasteiger partial charge in [0.15, 0.2) is 5.82 Å². The van der Waals surface area contributed by atoms with E-state index in [0.717, 1.165) is 31.7 Å². The first-order valence-electron chi connectivity index (χ1n) is 13.2. The van der Waals surface area contributed by atoms with E-state index in [1.165, 1.54) is 0 Å². The molecule has 4 aromatic rings. The highest BCUT2D eigenvalue weighted by molar-refractivity contribution is 6.01. The van der Waals surface area contributed by atoms with Gasteiger partial charge in [0.25, 0.3) is 0 Å². The predicted molar refractivity (Wildman–Crippen MR) is 166 cm³/mol. The number of nitrogen functional groups attached to an aromatic ring is 2. The minimum Gasteiger partial charge on any atom is -0.457 e. The second-order valence-corrected chi connectivity index (χ2v) is 8.31. The highest BCUT2D eigenvalue weighted by atomic mass is 16.5. The van der Waals surface area contributed by atoms with Crippen molar-refractivity contribution >= 4 is 23.2 Å². The summed E-state index contributed by atoms with van der Waals surface area (Å²) in [5.41, 5.74) is 13.2. The van der Waals surface area contributed by atoms with Crippen LogP contribution in [0.4, 0.5) is 17.3 Å². The average molecular weight is 549 g/mol. The van der Waals surface area contributed by atoms with Crippen LogP contribution >= 0.6 is 0 Å². The van der Waals surface area contributed by atoms with Crippen molar-refractivity contribution in [2.45, 2.75) is 33.7 Å². The fourth-order valence-corrected chi connectivity index (χ4v) is 3.35. The van der Waals surface area contributed by atoms with Gasteiger partial charge in [-0.15, -0.1) is 0 Å². The number of hydrogen-bond donors (Lipinski definition) is 5. The number of aryl methyl sites for hydroxylation is 1. The summed E-state index contributed by atoms with van der Waals surface area (Å²) in [6.07, 6.45) is 2.56. The Morgan fingerprint density at radius 1 is 0.975 bits per heavy atom. The Bertz CT molecular complexity index is 1210. The number of ether oxygens (including phenoxy) is 1. The molecule has 0 aliphatic rings. The van der Waals surface area contributed by atoms with E-state index in [2.05, 4.69) is 20.3 Å². The van der Waals surface area contributed by atoms with Gasteiger partial charge in [0.2, 0.25) is 0 Å². The van der Waals surface area contributed by atoms with Gasteiger partial charge in [-0.2, -0.15) is 5.10 Å². The van der Waals surface area contributed by atoms with Crippen molar-refractivity contribution in [3.8, 4) is 11.5 Å². The number of nitrogens with two attached hydrogens (primary N) is 2. The van der Waals surface area contributed by atoms with Gasteiger partial charge in [-0.1, -0.05) is 57.2 Å². The van der Waals surface area contributed by atoms with Gasteiger partial charge in [0.05, 0.1) is 17.8 Å². The van der Waals surface area contributed by atoms with Crippen LogP contribution in [0, 0.1) is 5.41 Å². The number of benzene rings is 2. The molecule has 0 fully saturated rings. The van der Waals surface area contributed by atoms with E-state index in [1.54, 1.807) is 6.07 Å². The molecule has 2 heterocycles. The van der Waals surface area contributed by atoms with E-state index in [1.807, 2.05) is 112 Å². The molecule has 0 saturated heterocycles. The van der Waals surface area contributed by atoms with E-state index in [-0.39, 0.29) is 5.84 Å². The minimum absolute atomic E-state index is 0.0636. The molecule has 0 bridgehead atoms. The van der Waals surface area contributed by atoms with Crippen LogP contribution < -0.4 is 21.5 Å². The van der Waals surface area contributed by atoms with Gasteiger partial charge in [-0.3, -0.25) is 10.1 Å². The Kier molecular flexibility index (Phi) is 15.8. The Balaban J connectivity index is 0.000000397. The molecule has 2 aromatic carbocycles. The summed E-state index contributed by atoms with van der Waals surface area (Å²) in [7, 11) is 5.05. The van der Waals surface area contributed by atoms with Crippen molar-refractivity contribution < 1.29 is 9.84 Å². The fourth-order valence-electron chi connectivity index (χ4n) is 3.35. The summed E-state index contributed by atoms with van der Waals surface area (Å²) < 4.78 is 7.45. The summed E-state index contributed by atoms with van der Waals surface area (Å²) in [5.74, 6) is 2.98. The number of amidine groups is 1. The summed E-state index contributed by atoms with van der Waals surface area (Å²) in [4.78, 5) is 6.58. The Hall–Kier alpha value is -4.41. The van der Waals surface area contributed by atoms with Gasteiger partial charge < -0.3 is 31.5 Å². The van der Waals surface area contributed by atoms with Crippen LogP contribution in [0.1, 0.15) is 32.0 Å². The molecular weight excluding hydrogens is 504 g/mol. The Morgan fingerprint density at radius 2 is 1.52 bits per heavy atom. The number of aliphatic hydroxyl groups excluding tert-OH is 1. The molecule has 0 unspecified atom stereocenters. The van der Waals surface area contributed by atoms with Crippen LogP contribution in [0.15, 0.2) is 79.0 Å². The Morgan fingerprint density at radius 3 is 2.00 bits per heavy atom. The van der Waals surface area contributed by atoms with Crippen molar-refractivity contribution in [1.82, 2.24) is 19.7 Å². The van der Waals surface area contributed by atoms with Crippen LogP contribution in [0.25, 0.3) is 0 Å². The lowest BCUT2D eigenvalue weighted by atomic mass is 10.1. The molecule has 216 valence electrons. The number of pyridine rings is 1. The normalized spacial score (nSPS) is 9.70. The molecule has 4 rings (SSSR count). The monoisotopic (exact) mass is 548 g/mol. The van der Waals surface area contributed by atoms with Crippen molar-refractivity contribution in [3.63, 3.8) is 0 Å². The van der Waals surface area contributed by atoms with Crippen molar-refractivity contribution in [2.24, 2.45) is 5.73 Å². The maximum Gasteiger partial charge on any atom is 0.153 e. The molecule has 0 amide bonds. The molecule has 7 N–H and O–H groups in total. The number of aliphatic hydroxyl groups is 1. The zero-order valence-electron chi connectivity index (χ0n) is 24.4. The fraction of sp³-hybridized carbons (Fsp3) is 0.300. The first-order chi connectivity index (χ1) is 19.4. The number of hydrogen-bond acceptors (Lipinski definition) is 8. The second-order valence-electron chi connectivity index (χ2n) is 8.31. The number of nitrogens with one attached hydrogen (secondary N) is 2. The van der Waals surface area contributed by atoms with E-state index >= 15 is 0 Å². The molecule has 0 aliphatic carbocycles. The molecule has 0 atom stereocenters. The second kappa shape index (κ2) is 18.8. The van der Waals surface area contributed by atoms with Gasteiger partial charge >= 0.3 is 0 Å². The number of para-hydroxylation sites is 2. The molecule has 10 heteroatoms. The number of likely N-dealkylation sites (N-methyl/N-ethyl adjacent to an activating group) is 1. The standard InChI is InChI=1S/C15H24N8.C12H10O.C2H6.CH4O/c1-4-11-14(15(17)18)10(16)9-13(19-11)20-12-5-6-23(21-12)8-7-22(2)3;1-3-7-11(8-4-1)13-12-9-5-2-6-10-12;2*1-2/h5-6,9H,4,7-8H2,1-3H3,(H3,17,18)(H3,16,19,20,21);1-10H;1-2H3;2H,1H3. The number of nitrogens with zero attached hydrogens (tertiary/aromatic N) is 4. The van der Waals surface area contributed by atoms with Crippen molar-refractivity contribution in [3.05, 3.63) is 90.3 Å². The molecule has 0 radical (unpaired) electrons. The molecule has 40 heavy (non-hydrogen) atoms. The van der Waals surface area contributed by atoms with Gasteiger partial charge in [-0.25, -0.2) is 4.98 Å². The lowest BCUT2D eigenvalue weighted by Gasteiger charge is -2.12. The van der Waals surface area contributed by atoms with Crippen LogP contribution in [-0.2, 0) is 13.0 Å². The molecular formula is C30H44N8O2. The van der Waals surface area contributed by atoms with Crippen LogP contribution in [0.2, 0.25) is 0 Å². The zero-order valence-corrected chi connectivity index (χ0v) is 24.4. The lowest BCUT2D eigenvalue weighted by molar-refractivity contribution is 0.373. The van der Waals surface area contributed by atoms with Crippen molar-refractivity contribution in [2.75, 3.05) is 38.8 Å². The highest BCUT2D eigenvalue weighted by Crippen LogP contribution is 2.22. The third-order valence-electron chi connectivity index (χ3n) is 5.12. The summed E-state index contributed by atoms with van der Waals surface area (Å²) in [6, 6.07) is 23.1. The predicted octanol–water partition coefficient (Wildman–Crippen LogP) is 5.13. The van der Waals surface area contributed by atoms with E-state index in [4.69, 9.17) is 26.7 Å². The average Bonchev–Trinajstić information content (AvgIpc) is 3.42. The third-order valence-corrected chi connectivity index (χ3v) is 5.12. The van der Waals surface area contributed by atoms with Crippen molar-refractivity contribution in [1.29, 1.82) is 5.41 Å². The topological polar surface area (TPSA) is 151 Å². The largest absolute Gasteiger partial charge is 0.457 e. The number of rotatable bonds is 9. The quantitative estimate of drug-likeness (QED) is 0.143. The van der Waals surface area contributed by atoms with E-state index in [9.17, 15) is 0 Å². The van der Waals surface area contributed by atoms with E-state index < -0.39 is 0 Å². The van der Waals surface area contributed by atoms with Gasteiger partial charge in [0.1, 0.15) is 23.2 Å². The van der Waals surface area contributed by atoms with Crippen LogP contribution in [0.5, 0.6) is 11.5 Å². The zero-order chi connectivity index (χ0) is 29.9. The van der Waals surface area contributed by atoms with E-state index in [0.29, 0.717) is 35.0 Å². The summed E-state index contributed by atoms with van der Waals surface area (Å²) in [5, 5.41) is 22.2. The lowest BCUT2D eigenvalue weighted by Crippen LogP contribution is -2.19. The molecule has 0 aliphatic heterocycles. The molecule has 0 spiro atoms. The smallest absolute Gasteiger partial charge is 0.153 e. The molecule has 0 saturated carbocycles. The van der Waals surface area contributed by atoms with Crippen LogP contribution in [-0.4, -0.2) is 58.4 Å². The highest BCUT2D eigenvalue weighted by Gasteiger charge is 2.13. The van der Waals surface area contributed by atoms with Gasteiger partial charge in [0, 0.05) is 37.7 Å². The van der Waals surface area contributed by atoms with Gasteiger partial charge in [-0.05, 0) is 44.8 Å². The summed E-state index contributed by atoms with van der Waals surface area (Å²) >= 11 is 0. The molecule has 2 aromatic heterocycles. The number of anilines is 3. The Labute approximate surface area is 238 Å². The minimum atomic E-state index is -0.0636. The third kappa shape index (κ3) is 11.5. The first kappa shape index (κ1) is 33.6.